The average Bonchev–Trinajstić information content (AvgIpc) is 3.05. The molecular formula is C22H37ClN4O2S. The normalized spacial score (nSPS) is 28.6. The zero-order valence-corrected chi connectivity index (χ0v) is 20.6. The quantitative estimate of drug-likeness (QED) is 0.657. The molecule has 0 saturated carbocycles. The summed E-state index contributed by atoms with van der Waals surface area (Å²) < 4.78 is 5.50. The number of piperidine rings is 1. The van der Waals surface area contributed by atoms with E-state index in [-0.39, 0.29) is 11.3 Å². The van der Waals surface area contributed by atoms with Crippen molar-refractivity contribution in [1.29, 1.82) is 0 Å². The number of amidine groups is 2. The van der Waals surface area contributed by atoms with Crippen molar-refractivity contribution in [3.8, 4) is 0 Å². The Bertz CT molecular complexity index is 690. The minimum absolute atomic E-state index is 0.0942. The third kappa shape index (κ3) is 5.41. The fourth-order valence-corrected chi connectivity index (χ4v) is 6.33. The minimum atomic E-state index is -0.576. The predicted octanol–water partition coefficient (Wildman–Crippen LogP) is 3.59. The van der Waals surface area contributed by atoms with Crippen molar-refractivity contribution in [3.63, 3.8) is 0 Å². The Kier molecular flexibility index (Phi) is 8.29. The second kappa shape index (κ2) is 10.3. The summed E-state index contributed by atoms with van der Waals surface area (Å²) in [6.45, 7) is 16.3. The van der Waals surface area contributed by atoms with Crippen LogP contribution in [-0.4, -0.2) is 88.9 Å². The molecule has 0 amide bonds. The number of likely N-dealkylation sites (tertiary alicyclic amines) is 1. The second-order valence-electron chi connectivity index (χ2n) is 8.76. The molecule has 2 fully saturated rings. The van der Waals surface area contributed by atoms with Crippen LogP contribution in [0.15, 0.2) is 20.5 Å². The van der Waals surface area contributed by atoms with Crippen LogP contribution in [0.3, 0.4) is 0 Å². The summed E-state index contributed by atoms with van der Waals surface area (Å²) in [5.74, 6) is 1.45. The van der Waals surface area contributed by atoms with E-state index in [1.807, 2.05) is 39.5 Å². The molecule has 4 rings (SSSR count). The average molecular weight is 457 g/mol. The Hall–Kier alpha value is -0.600. The number of ether oxygens (including phenoxy) is 1. The van der Waals surface area contributed by atoms with Gasteiger partial charge in [0.2, 0.25) is 5.29 Å². The molecule has 30 heavy (non-hydrogen) atoms. The molecule has 0 aromatic heterocycles. The van der Waals surface area contributed by atoms with Crippen molar-refractivity contribution in [3.05, 3.63) is 10.5 Å². The highest BCUT2D eigenvalue weighted by Gasteiger charge is 2.42. The highest BCUT2D eigenvalue weighted by Crippen LogP contribution is 2.43. The summed E-state index contributed by atoms with van der Waals surface area (Å²) in [5.41, 5.74) is 0.756. The molecule has 4 aliphatic heterocycles. The van der Waals surface area contributed by atoms with Crippen LogP contribution in [0.4, 0.5) is 0 Å². The molecule has 0 spiro atoms. The fraction of sp³-hybridized carbons (Fsp3) is 0.818. The van der Waals surface area contributed by atoms with E-state index in [0.29, 0.717) is 11.2 Å². The predicted molar refractivity (Wildman–Crippen MR) is 128 cm³/mol. The number of hydrogen-bond donors (Lipinski definition) is 1. The van der Waals surface area contributed by atoms with E-state index in [4.69, 9.17) is 16.3 Å². The molecule has 2 saturated heterocycles. The Balaban J connectivity index is 0.00000124. The molecule has 0 bridgehead atoms. The minimum Gasteiger partial charge on any atom is -0.390 e. The van der Waals surface area contributed by atoms with Gasteiger partial charge in [0.1, 0.15) is 5.84 Å². The van der Waals surface area contributed by atoms with Crippen LogP contribution in [-0.2, 0) is 4.74 Å². The number of fused-ring (bicyclic) bond motifs is 1. The molecule has 2 unspecified atom stereocenters. The Labute approximate surface area is 190 Å². The number of aliphatic hydroxyl groups is 1. The number of thioether (sulfide) groups is 1. The first-order chi connectivity index (χ1) is 14.3. The van der Waals surface area contributed by atoms with Crippen molar-refractivity contribution in [2.75, 3.05) is 45.9 Å². The number of hydrogen-bond acceptors (Lipinski definition) is 7. The molecule has 8 heteroatoms. The lowest BCUT2D eigenvalue weighted by atomic mass is 9.83. The summed E-state index contributed by atoms with van der Waals surface area (Å²) in [7, 11) is 0. The van der Waals surface area contributed by atoms with Gasteiger partial charge in [-0.15, -0.1) is 11.8 Å². The number of nitrogens with zero attached hydrogens (tertiary/aromatic N) is 4. The zero-order valence-electron chi connectivity index (χ0n) is 19.0. The van der Waals surface area contributed by atoms with Gasteiger partial charge in [0, 0.05) is 24.5 Å². The third-order valence-electron chi connectivity index (χ3n) is 6.44. The summed E-state index contributed by atoms with van der Waals surface area (Å²) >= 11 is 8.22. The Morgan fingerprint density at radius 2 is 1.80 bits per heavy atom. The molecule has 2 atom stereocenters. The van der Waals surface area contributed by atoms with Crippen LogP contribution >= 0.6 is 23.4 Å². The molecule has 170 valence electrons. The molecule has 0 aliphatic carbocycles. The number of aliphatic imine (C=N–C) groups is 2. The number of rotatable bonds is 3. The van der Waals surface area contributed by atoms with Crippen LogP contribution in [0.2, 0.25) is 0 Å². The monoisotopic (exact) mass is 456 g/mol. The van der Waals surface area contributed by atoms with E-state index in [1.54, 1.807) is 0 Å². The molecule has 0 aromatic rings. The van der Waals surface area contributed by atoms with E-state index in [9.17, 15) is 5.11 Å². The van der Waals surface area contributed by atoms with Crippen molar-refractivity contribution >= 4 is 34.5 Å². The first-order valence-electron chi connectivity index (χ1n) is 11.3. The summed E-state index contributed by atoms with van der Waals surface area (Å²) in [5, 5.41) is 10.9. The van der Waals surface area contributed by atoms with Gasteiger partial charge in [-0.2, -0.15) is 0 Å². The number of halogens is 1. The maximum absolute atomic E-state index is 10.3. The highest BCUT2D eigenvalue weighted by atomic mass is 35.5. The van der Waals surface area contributed by atoms with Crippen molar-refractivity contribution in [2.45, 2.75) is 64.4 Å². The molecular weight excluding hydrogens is 420 g/mol. The van der Waals surface area contributed by atoms with Crippen LogP contribution < -0.4 is 0 Å². The van der Waals surface area contributed by atoms with E-state index >= 15 is 0 Å². The molecule has 4 heterocycles. The van der Waals surface area contributed by atoms with E-state index in [0.717, 1.165) is 64.6 Å². The van der Waals surface area contributed by atoms with Crippen molar-refractivity contribution in [1.82, 2.24) is 9.80 Å². The van der Waals surface area contributed by atoms with E-state index in [2.05, 4.69) is 26.7 Å². The van der Waals surface area contributed by atoms with E-state index in [1.165, 1.54) is 10.5 Å². The lowest BCUT2D eigenvalue weighted by Gasteiger charge is -2.38. The third-order valence-corrected chi connectivity index (χ3v) is 8.08. The van der Waals surface area contributed by atoms with Crippen LogP contribution in [0.1, 0.15) is 47.5 Å². The van der Waals surface area contributed by atoms with Gasteiger partial charge in [0.15, 0.2) is 0 Å². The van der Waals surface area contributed by atoms with Gasteiger partial charge in [0.05, 0.1) is 30.1 Å². The van der Waals surface area contributed by atoms with Gasteiger partial charge in [-0.1, -0.05) is 13.8 Å². The Morgan fingerprint density at radius 1 is 1.17 bits per heavy atom. The van der Waals surface area contributed by atoms with Crippen molar-refractivity contribution in [2.24, 2.45) is 15.9 Å². The lowest BCUT2D eigenvalue weighted by Crippen LogP contribution is -2.48. The van der Waals surface area contributed by atoms with Gasteiger partial charge in [-0.05, 0) is 69.8 Å². The smallest absolute Gasteiger partial charge is 0.220 e. The van der Waals surface area contributed by atoms with Gasteiger partial charge in [-0.3, -0.25) is 4.90 Å². The molecule has 1 N–H and O–H groups in total. The van der Waals surface area contributed by atoms with E-state index < -0.39 is 5.60 Å². The lowest BCUT2D eigenvalue weighted by molar-refractivity contribution is -0.0111. The maximum atomic E-state index is 10.3. The standard InChI is InChI=1S/C20H31ClN4O2S.C2H6/c1-13-15(12-24-6-4-14(5-7-24)20(2,3)26)28-17-16(13)22-19(21)23-18(17)25-8-10-27-11-9-25;1-2/h14,16-17,26H,4-12H2,1-3H3;1-2H3. The van der Waals surface area contributed by atoms with Gasteiger partial charge in [0.25, 0.3) is 0 Å². The molecule has 0 radical (unpaired) electrons. The summed E-state index contributed by atoms with van der Waals surface area (Å²) in [6, 6.07) is 0.0942. The molecule has 4 aliphatic rings. The largest absolute Gasteiger partial charge is 0.390 e. The summed E-state index contributed by atoms with van der Waals surface area (Å²) in [6.07, 6.45) is 2.11. The first kappa shape index (κ1) is 24.1. The molecule has 6 nitrogen and oxygen atoms in total. The number of morpholine rings is 1. The molecule has 0 aromatic carbocycles. The summed E-state index contributed by atoms with van der Waals surface area (Å²) in [4.78, 5) is 15.5. The topological polar surface area (TPSA) is 60.7 Å². The van der Waals surface area contributed by atoms with Crippen LogP contribution in [0.5, 0.6) is 0 Å². The SMILES string of the molecule is CC.CC1=C(CN2CCC(C(C)(C)O)CC2)SC2C(N3CCOCC3)=NC(Cl)=NC12. The van der Waals surface area contributed by atoms with Crippen LogP contribution in [0, 0.1) is 5.92 Å². The maximum Gasteiger partial charge on any atom is 0.220 e. The first-order valence-corrected chi connectivity index (χ1v) is 12.5. The van der Waals surface area contributed by atoms with Crippen LogP contribution in [0.25, 0.3) is 0 Å². The Morgan fingerprint density at radius 3 is 2.40 bits per heavy atom. The highest BCUT2D eigenvalue weighted by molar-refractivity contribution is 8.04. The second-order valence-corrected chi connectivity index (χ2v) is 10.3. The van der Waals surface area contributed by atoms with Gasteiger partial charge >= 0.3 is 0 Å². The van der Waals surface area contributed by atoms with Gasteiger partial charge < -0.3 is 14.7 Å². The fourth-order valence-electron chi connectivity index (χ4n) is 4.57. The van der Waals surface area contributed by atoms with Gasteiger partial charge in [-0.25, -0.2) is 9.98 Å². The zero-order chi connectivity index (χ0) is 21.9. The van der Waals surface area contributed by atoms with Crippen molar-refractivity contribution < 1.29 is 9.84 Å².